The van der Waals surface area contributed by atoms with Crippen LogP contribution in [0.2, 0.25) is 0 Å². The Bertz CT molecular complexity index is 4290. The van der Waals surface area contributed by atoms with Gasteiger partial charge in [0.25, 0.3) is 17.7 Å². The first-order valence-electron chi connectivity index (χ1n) is 43.3. The lowest BCUT2D eigenvalue weighted by Gasteiger charge is -2.42. The second-order valence-corrected chi connectivity index (χ2v) is 32.5. The molecule has 3 amide bonds. The summed E-state index contributed by atoms with van der Waals surface area (Å²) in [6.45, 7) is 17.0. The maximum atomic E-state index is 14.7. The summed E-state index contributed by atoms with van der Waals surface area (Å²) in [5, 5.41) is 57.7. The maximum Gasteiger partial charge on any atom is 0.407 e. The predicted octanol–water partition coefficient (Wildman–Crippen LogP) is 6.74. The lowest BCUT2D eigenvalue weighted by Crippen LogP contribution is -2.61. The lowest BCUT2D eigenvalue weighted by molar-refractivity contribution is -0.265. The van der Waals surface area contributed by atoms with Gasteiger partial charge in [-0.1, -0.05) is 88.4 Å². The Morgan fingerprint density at radius 1 is 0.685 bits per heavy atom. The van der Waals surface area contributed by atoms with Crippen LogP contribution in [0, 0.1) is 29.6 Å². The van der Waals surface area contributed by atoms with Crippen molar-refractivity contribution in [3.63, 3.8) is 0 Å². The number of oxazole rings is 1. The van der Waals surface area contributed by atoms with Gasteiger partial charge in [-0.3, -0.25) is 19.2 Å². The van der Waals surface area contributed by atoms with E-state index in [1.54, 1.807) is 51.6 Å². The van der Waals surface area contributed by atoms with Gasteiger partial charge < -0.3 is 119 Å². The molecular weight excluding hydrogens is 1610 g/mol. The number of nitrogens with one attached hydrogen (secondary N) is 2. The van der Waals surface area contributed by atoms with Crippen molar-refractivity contribution in [2.24, 2.45) is 35.3 Å². The van der Waals surface area contributed by atoms with Crippen LogP contribution < -0.4 is 27.8 Å². The number of nitrogens with two attached hydrogens (primary N) is 3. The number of allylic oxidation sites excluding steroid dienone is 5. The third kappa shape index (κ3) is 30.3. The number of anilines is 2. The first kappa shape index (κ1) is 99.2. The highest BCUT2D eigenvalue weighted by Crippen LogP contribution is 2.39. The summed E-state index contributed by atoms with van der Waals surface area (Å²) in [6.07, 6.45) is 7.87. The average molecular weight is 1740 g/mol. The van der Waals surface area contributed by atoms with E-state index >= 15 is 0 Å². The fourth-order valence-electron chi connectivity index (χ4n) is 15.8. The Kier molecular flexibility index (Phi) is 41.0. The summed E-state index contributed by atoms with van der Waals surface area (Å²) in [4.78, 5) is 96.8. The molecule has 1 saturated carbocycles. The summed E-state index contributed by atoms with van der Waals surface area (Å²) in [5.41, 5.74) is 25.2. The van der Waals surface area contributed by atoms with Crippen LogP contribution in [0.15, 0.2) is 101 Å². The van der Waals surface area contributed by atoms with Gasteiger partial charge in [-0.2, -0.15) is 10.1 Å². The van der Waals surface area contributed by atoms with E-state index in [2.05, 4.69) is 25.6 Å². The number of aliphatic hydroxyl groups is 4. The summed E-state index contributed by atoms with van der Waals surface area (Å²) in [5.74, 6) is -8.32. The summed E-state index contributed by atoms with van der Waals surface area (Å²) < 4.78 is 82.0. The van der Waals surface area contributed by atoms with Gasteiger partial charge in [-0.25, -0.2) is 24.2 Å². The number of cyclic esters (lactones) is 1. The van der Waals surface area contributed by atoms with Gasteiger partial charge in [0.05, 0.1) is 142 Å². The molecule has 0 radical (unpaired) electrons. The fraction of sp³-hybridized carbons (Fsp3) is 0.640. The van der Waals surface area contributed by atoms with E-state index in [-0.39, 0.29) is 94.3 Å². The van der Waals surface area contributed by atoms with Gasteiger partial charge in [0.1, 0.15) is 53.8 Å². The van der Waals surface area contributed by atoms with Crippen molar-refractivity contribution in [2.45, 2.75) is 205 Å². The van der Waals surface area contributed by atoms with E-state index in [9.17, 15) is 49.2 Å². The molecule has 2 aromatic carbocycles. The van der Waals surface area contributed by atoms with E-state index in [1.807, 2.05) is 80.6 Å². The van der Waals surface area contributed by atoms with E-state index in [4.69, 9.17) is 88.3 Å². The molecule has 3 aliphatic heterocycles. The zero-order valence-electron chi connectivity index (χ0n) is 72.9. The molecule has 2 bridgehead atoms. The molecule has 35 nitrogen and oxygen atoms in total. The number of methoxy groups -OCH3 is 2. The normalized spacial score (nSPS) is 27.3. The molecule has 9 rings (SSSR count). The number of Topliss-reactive ketones (excluding diaryl/α,β-unsaturated/α-hetero) is 2. The van der Waals surface area contributed by atoms with Crippen molar-refractivity contribution in [1.29, 1.82) is 0 Å². The number of rotatable bonds is 38. The number of carbonyl (C=O) groups excluding carboxylic acids is 6. The number of carbonyl (C=O) groups is 6. The molecule has 124 heavy (non-hydrogen) atoms. The monoisotopic (exact) mass is 1740 g/mol. The smallest absolute Gasteiger partial charge is 0.407 e. The van der Waals surface area contributed by atoms with Crippen LogP contribution in [0.25, 0.3) is 33.4 Å². The average Bonchev–Trinajstić information content (AvgIpc) is 1.19. The highest BCUT2D eigenvalue weighted by atomic mass is 16.6. The second-order valence-electron chi connectivity index (χ2n) is 32.5. The van der Waals surface area contributed by atoms with E-state index in [0.717, 1.165) is 27.2 Å². The number of benzene rings is 2. The van der Waals surface area contributed by atoms with Crippen LogP contribution in [-0.2, 0) is 98.6 Å². The first-order chi connectivity index (χ1) is 59.7. The zero-order valence-corrected chi connectivity index (χ0v) is 72.9. The topological polar surface area (TPSA) is 478 Å². The number of hydrogen-bond acceptors (Lipinski definition) is 31. The Morgan fingerprint density at radius 3 is 1.98 bits per heavy atom. The largest absolute Gasteiger partial charge is 0.459 e. The number of piperidine rings is 1. The van der Waals surface area contributed by atoms with Crippen molar-refractivity contribution < 1.29 is 115 Å². The highest BCUT2D eigenvalue weighted by molar-refractivity contribution is 6.39. The van der Waals surface area contributed by atoms with Gasteiger partial charge in [-0.15, -0.1) is 0 Å². The maximum absolute atomic E-state index is 14.7. The highest BCUT2D eigenvalue weighted by Gasteiger charge is 2.53. The minimum atomic E-state index is -2.50. The minimum absolute atomic E-state index is 0.0146. The van der Waals surface area contributed by atoms with E-state index in [1.165, 1.54) is 13.4 Å². The Morgan fingerprint density at radius 2 is 1.33 bits per heavy atom. The van der Waals surface area contributed by atoms with Crippen molar-refractivity contribution in [1.82, 2.24) is 40.3 Å². The molecule has 4 aliphatic rings. The summed E-state index contributed by atoms with van der Waals surface area (Å²) >= 11 is 0. The third-order valence-electron chi connectivity index (χ3n) is 23.1. The van der Waals surface area contributed by atoms with Crippen LogP contribution in [0.3, 0.4) is 0 Å². The quantitative estimate of drug-likeness (QED) is 0.00854. The zero-order chi connectivity index (χ0) is 89.1. The molecule has 686 valence electrons. The van der Waals surface area contributed by atoms with Gasteiger partial charge in [0, 0.05) is 82.5 Å². The number of esters is 1. The predicted molar refractivity (Wildman–Crippen MR) is 458 cm³/mol. The second kappa shape index (κ2) is 51.3. The number of alkyl carbamates (subject to hydrolysis) is 1. The van der Waals surface area contributed by atoms with Crippen molar-refractivity contribution >= 4 is 69.4 Å². The van der Waals surface area contributed by atoms with Gasteiger partial charge in [0.15, 0.2) is 17.0 Å². The van der Waals surface area contributed by atoms with Crippen molar-refractivity contribution in [3.05, 3.63) is 108 Å². The molecular formula is C89H131N11O24. The van der Waals surface area contributed by atoms with Crippen LogP contribution in [-0.4, -0.2) is 285 Å². The van der Waals surface area contributed by atoms with Crippen molar-refractivity contribution in [2.75, 3.05) is 144 Å². The Balaban J connectivity index is 0.591. The number of amides is 3. The standard InChI is InChI=1S/C89H131N11O24/c1-56-14-10-9-11-15-57(2)73(111-7)51-66-24-17-61(6)89(110,124-66)82(106)85(107)99-29-13-12-16-69(99)86(108)121-74(52-70(101)58(3)47-60(5)80(104)81(105)79(103)59(4)46-56)67(90)48-64-22-25-72(75(49-64)112-8)123-88(109)93-28-31-114-33-35-116-37-39-118-41-43-120-45-44-119-42-40-117-38-36-115-34-32-113-30-27-76(102)94-53-62-18-20-63(21-19-62)54-100-84-77(83(91)95-55-96-84)78(98-100)65-23-26-71-68(50-65)97-87(92)122-71/h9-11,14-15,18-21,23,26,47,50,55-56,58-59,61,64,66-67,69-70,72-75,80-81,101,104-105,110H,12-13,16-17,22,24-25,27-46,48-49,51-54,90H2,1-8H3,(H2,92,97)(H,93,109)(H,94,102)(H2,91,95,96)/b11-9+,14-10+,57-15+,60-47+/t56-,58-,59-,61-,64+,66+,67-,69+,70-,72-,73+,74+,75-,80-,81+,89-/m1/s1. The van der Waals surface area contributed by atoms with Gasteiger partial charge in [0.2, 0.25) is 11.7 Å². The fourth-order valence-corrected chi connectivity index (χ4v) is 15.8. The number of nitrogen functional groups attached to an aromatic ring is 2. The van der Waals surface area contributed by atoms with Gasteiger partial charge in [-0.05, 0) is 130 Å². The molecule has 0 unspecified atom stereocenters. The first-order valence-corrected chi connectivity index (χ1v) is 43.3. The molecule has 35 heteroatoms. The molecule has 0 spiro atoms. The SMILES string of the molecule is CO[C@H]1C[C@@H]2CC[C@@H](C)[C@@](O)(O2)C(=O)C(=O)N2CCCC[C@H]2C(=O)O[C@H]([C@H](N)C[C@@H]2CC[C@@H](OC(=O)NCCOCCOCCOCCOCCOCCOCCOCCOCCC(=O)NCc3ccc(Cn4nc(-c5ccc6oc(N)nc6c5)c5c(N)ncnc54)cc3)[C@H](OC)C2)C[C@@H](O)[C@H](C)/C=C(\C)[C@@H](O)[C@@H](O)C(=O)[C@H](C)C[C@H](C)/C=C/C=C/C=C/1C. The van der Waals surface area contributed by atoms with Crippen LogP contribution in [0.4, 0.5) is 16.6 Å². The van der Waals surface area contributed by atoms with E-state index < -0.39 is 114 Å². The number of fused-ring (bicyclic) bond motifs is 5. The molecule has 16 atom stereocenters. The molecule has 12 N–H and O–H groups in total. The van der Waals surface area contributed by atoms with E-state index in [0.29, 0.717) is 184 Å². The minimum Gasteiger partial charge on any atom is -0.459 e. The Labute approximate surface area is 725 Å². The van der Waals surface area contributed by atoms with Crippen molar-refractivity contribution in [3.8, 4) is 11.3 Å². The summed E-state index contributed by atoms with van der Waals surface area (Å²) in [6, 6.07) is 11.3. The molecule has 3 aromatic heterocycles. The molecule has 3 fully saturated rings. The Hall–Kier alpha value is -8.60. The number of ether oxygens (including phenoxy) is 13. The third-order valence-corrected chi connectivity index (χ3v) is 23.1. The number of aromatic nitrogens is 5. The van der Waals surface area contributed by atoms with Crippen LogP contribution >= 0.6 is 0 Å². The molecule has 1 aliphatic carbocycles. The van der Waals surface area contributed by atoms with Crippen LogP contribution in [0.5, 0.6) is 0 Å². The number of ketones is 2. The van der Waals surface area contributed by atoms with Gasteiger partial charge >= 0.3 is 12.1 Å². The number of nitrogens with zero attached hydrogens (tertiary/aromatic N) is 6. The molecule has 6 heterocycles. The van der Waals surface area contributed by atoms with Crippen LogP contribution in [0.1, 0.15) is 136 Å². The number of aliphatic hydroxyl groups excluding tert-OH is 3. The number of hydrogen-bond donors (Lipinski definition) is 9. The molecule has 5 aromatic rings. The lowest BCUT2D eigenvalue weighted by atomic mass is 9.80. The molecule has 2 saturated heterocycles. The summed E-state index contributed by atoms with van der Waals surface area (Å²) in [7, 11) is 3.07.